The van der Waals surface area contributed by atoms with Crippen LogP contribution in [-0.4, -0.2) is 33.7 Å². The highest BCUT2D eigenvalue weighted by molar-refractivity contribution is 5.73. The fourth-order valence-corrected chi connectivity index (χ4v) is 2.73. The van der Waals surface area contributed by atoms with Crippen LogP contribution in [0.5, 0.6) is 0 Å². The van der Waals surface area contributed by atoms with Gasteiger partial charge in [-0.25, -0.2) is 19.2 Å². The van der Waals surface area contributed by atoms with Crippen molar-refractivity contribution >= 4 is 11.7 Å². The maximum absolute atomic E-state index is 13.5. The van der Waals surface area contributed by atoms with Crippen molar-refractivity contribution in [2.24, 2.45) is 0 Å². The second-order valence-electron chi connectivity index (χ2n) is 6.18. The summed E-state index contributed by atoms with van der Waals surface area (Å²) in [5.41, 5.74) is 1.25. The van der Waals surface area contributed by atoms with Gasteiger partial charge in [0.1, 0.15) is 29.1 Å². The zero-order valence-electron chi connectivity index (χ0n) is 15.8. The van der Waals surface area contributed by atoms with E-state index in [0.29, 0.717) is 25.3 Å². The summed E-state index contributed by atoms with van der Waals surface area (Å²) < 4.78 is 15.4. The van der Waals surface area contributed by atoms with Crippen LogP contribution in [0.15, 0.2) is 48.9 Å². The Bertz CT molecular complexity index is 1040. The van der Waals surface area contributed by atoms with E-state index in [4.69, 9.17) is 5.26 Å². The van der Waals surface area contributed by atoms with Crippen molar-refractivity contribution in [1.29, 1.82) is 5.26 Å². The number of hydrogen-bond acceptors (Lipinski definition) is 5. The molecule has 0 fully saturated rings. The molecule has 0 atom stereocenters. The molecule has 0 saturated carbocycles. The minimum Gasteiger partial charge on any atom is -0.382 e. The van der Waals surface area contributed by atoms with Crippen LogP contribution in [0.1, 0.15) is 17.0 Å². The molecule has 3 N–H and O–H groups in total. The van der Waals surface area contributed by atoms with Crippen molar-refractivity contribution in [3.05, 3.63) is 71.7 Å². The summed E-state index contributed by atoms with van der Waals surface area (Å²) >= 11 is 0. The molecule has 29 heavy (non-hydrogen) atoms. The van der Waals surface area contributed by atoms with Crippen LogP contribution in [0.4, 0.5) is 14.9 Å². The zero-order valence-corrected chi connectivity index (χ0v) is 15.8. The lowest BCUT2D eigenvalue weighted by Crippen LogP contribution is -2.37. The van der Waals surface area contributed by atoms with Gasteiger partial charge in [0, 0.05) is 38.2 Å². The molecule has 3 aromatic rings. The molecule has 0 radical (unpaired) electrons. The smallest absolute Gasteiger partial charge is 0.315 e. The highest BCUT2D eigenvalue weighted by Gasteiger charge is 2.07. The second-order valence-corrected chi connectivity index (χ2v) is 6.18. The van der Waals surface area contributed by atoms with Gasteiger partial charge in [0.25, 0.3) is 0 Å². The minimum absolute atomic E-state index is 0.0430. The summed E-state index contributed by atoms with van der Waals surface area (Å²) in [4.78, 5) is 20.5. The topological polar surface area (TPSA) is 108 Å². The number of halogens is 1. The van der Waals surface area contributed by atoms with Crippen molar-refractivity contribution in [1.82, 2.24) is 25.2 Å². The number of imidazole rings is 1. The van der Waals surface area contributed by atoms with Crippen LogP contribution in [0, 0.1) is 24.1 Å². The number of carbonyl (C=O) groups excluding carboxylic acids is 1. The summed E-state index contributed by atoms with van der Waals surface area (Å²) in [5.74, 6) is 0.976. The molecule has 1 aromatic carbocycles. The molecule has 8 nitrogen and oxygen atoms in total. The zero-order chi connectivity index (χ0) is 20.6. The number of benzene rings is 1. The number of nitrogens with zero attached hydrogens (tertiary/aromatic N) is 4. The fraction of sp³-hybridized carbons (Fsp3) is 0.200. The molecule has 0 aliphatic rings. The first kappa shape index (κ1) is 19.8. The van der Waals surface area contributed by atoms with Crippen LogP contribution in [0.25, 0.3) is 5.82 Å². The number of anilines is 1. The lowest BCUT2D eigenvalue weighted by molar-refractivity contribution is 0.241. The second kappa shape index (κ2) is 9.32. The first-order chi connectivity index (χ1) is 14.1. The summed E-state index contributed by atoms with van der Waals surface area (Å²) in [6.45, 7) is 2.89. The first-order valence-electron chi connectivity index (χ1n) is 8.98. The van der Waals surface area contributed by atoms with Gasteiger partial charge in [-0.15, -0.1) is 0 Å². The Hall–Kier alpha value is -3.93. The largest absolute Gasteiger partial charge is 0.382 e. The Labute approximate surface area is 167 Å². The molecule has 0 spiro atoms. The molecule has 9 heteroatoms. The molecule has 0 bridgehead atoms. The van der Waals surface area contributed by atoms with Gasteiger partial charge in [-0.2, -0.15) is 5.26 Å². The summed E-state index contributed by atoms with van der Waals surface area (Å²) in [5, 5.41) is 17.4. The van der Waals surface area contributed by atoms with Gasteiger partial charge in [-0.1, -0.05) is 6.07 Å². The van der Waals surface area contributed by atoms with Crippen molar-refractivity contribution in [2.45, 2.75) is 13.5 Å². The lowest BCUT2D eigenvalue weighted by Gasteiger charge is -2.11. The van der Waals surface area contributed by atoms with Gasteiger partial charge in [-0.05, 0) is 36.8 Å². The SMILES string of the molecule is Cc1nccn1-c1cc(CNC(=O)NCCNc2cccc(F)c2C#N)ccn1. The molecule has 148 valence electrons. The van der Waals surface area contributed by atoms with Gasteiger partial charge in [0.2, 0.25) is 0 Å². The number of hydrogen-bond donors (Lipinski definition) is 3. The monoisotopic (exact) mass is 393 g/mol. The third-order valence-corrected chi connectivity index (χ3v) is 4.19. The van der Waals surface area contributed by atoms with E-state index < -0.39 is 5.82 Å². The lowest BCUT2D eigenvalue weighted by atomic mass is 10.2. The average molecular weight is 393 g/mol. The Morgan fingerprint density at radius 1 is 1.21 bits per heavy atom. The van der Waals surface area contributed by atoms with Crippen LogP contribution in [-0.2, 0) is 6.54 Å². The van der Waals surface area contributed by atoms with Crippen molar-refractivity contribution in [3.63, 3.8) is 0 Å². The quantitative estimate of drug-likeness (QED) is 0.535. The highest BCUT2D eigenvalue weighted by Crippen LogP contribution is 2.17. The summed E-state index contributed by atoms with van der Waals surface area (Å²) in [7, 11) is 0. The summed E-state index contributed by atoms with van der Waals surface area (Å²) in [6, 6.07) is 9.56. The molecule has 0 unspecified atom stereocenters. The van der Waals surface area contributed by atoms with Crippen LogP contribution in [0.2, 0.25) is 0 Å². The number of pyridine rings is 1. The van der Waals surface area contributed by atoms with E-state index in [2.05, 4.69) is 25.9 Å². The number of aromatic nitrogens is 3. The molecule has 2 aromatic heterocycles. The number of urea groups is 1. The third kappa shape index (κ3) is 5.07. The normalized spacial score (nSPS) is 10.2. The predicted molar refractivity (Wildman–Crippen MR) is 106 cm³/mol. The van der Waals surface area contributed by atoms with Crippen molar-refractivity contribution < 1.29 is 9.18 Å². The molecule has 2 amide bonds. The fourth-order valence-electron chi connectivity index (χ4n) is 2.73. The molecular formula is C20H20FN7O. The van der Waals surface area contributed by atoms with Gasteiger partial charge in [0.05, 0.1) is 5.69 Å². The van der Waals surface area contributed by atoms with Gasteiger partial charge >= 0.3 is 6.03 Å². The predicted octanol–water partition coefficient (Wildman–Crippen LogP) is 2.50. The molecule has 0 saturated heterocycles. The van der Waals surface area contributed by atoms with Gasteiger partial charge in [0.15, 0.2) is 0 Å². The Morgan fingerprint density at radius 3 is 2.83 bits per heavy atom. The number of carbonyl (C=O) groups is 1. The standard InChI is InChI=1S/C20H20FN7O/c1-14-23-9-10-28(14)19-11-15(5-6-25-19)13-27-20(29)26-8-7-24-18-4-2-3-17(21)16(18)12-22/h2-6,9-11,24H,7-8,13H2,1H3,(H2,26,27,29). The van der Waals surface area contributed by atoms with Crippen molar-refractivity contribution in [3.8, 4) is 11.9 Å². The minimum atomic E-state index is -0.578. The Morgan fingerprint density at radius 2 is 2.07 bits per heavy atom. The molecule has 0 aliphatic carbocycles. The summed E-state index contributed by atoms with van der Waals surface area (Å²) in [6.07, 6.45) is 5.21. The average Bonchev–Trinajstić information content (AvgIpc) is 3.16. The maximum Gasteiger partial charge on any atom is 0.315 e. The molecule has 0 aliphatic heterocycles. The number of rotatable bonds is 7. The van der Waals surface area contributed by atoms with E-state index in [1.54, 1.807) is 18.5 Å². The van der Waals surface area contributed by atoms with E-state index in [9.17, 15) is 9.18 Å². The third-order valence-electron chi connectivity index (χ3n) is 4.19. The number of nitrogens with one attached hydrogen (secondary N) is 3. The van der Waals surface area contributed by atoms with Crippen LogP contribution >= 0.6 is 0 Å². The van der Waals surface area contributed by atoms with Crippen LogP contribution in [0.3, 0.4) is 0 Å². The molecular weight excluding hydrogens is 373 g/mol. The highest BCUT2D eigenvalue weighted by atomic mass is 19.1. The maximum atomic E-state index is 13.5. The number of nitriles is 1. The van der Waals surface area contributed by atoms with Gasteiger partial charge < -0.3 is 16.0 Å². The van der Waals surface area contributed by atoms with Crippen LogP contribution < -0.4 is 16.0 Å². The van der Waals surface area contributed by atoms with E-state index in [1.165, 1.54) is 12.1 Å². The number of aryl methyl sites for hydroxylation is 1. The Balaban J connectivity index is 1.45. The van der Waals surface area contributed by atoms with E-state index in [1.807, 2.05) is 35.9 Å². The number of amides is 2. The van der Waals surface area contributed by atoms with Gasteiger partial charge in [-0.3, -0.25) is 4.57 Å². The van der Waals surface area contributed by atoms with Crippen molar-refractivity contribution in [2.75, 3.05) is 18.4 Å². The van der Waals surface area contributed by atoms with E-state index >= 15 is 0 Å². The molecule has 3 rings (SSSR count). The van der Waals surface area contributed by atoms with E-state index in [0.717, 1.165) is 17.2 Å². The first-order valence-corrected chi connectivity index (χ1v) is 8.98. The Kier molecular flexibility index (Phi) is 6.37. The molecule has 2 heterocycles. The van der Waals surface area contributed by atoms with E-state index in [-0.39, 0.29) is 11.6 Å².